The van der Waals surface area contributed by atoms with E-state index < -0.39 is 12.3 Å². The minimum Gasteiger partial charge on any atom is -0.394 e. The number of halogens is 1. The monoisotopic (exact) mass is 328 g/mol. The number of rotatable bonds is 2. The van der Waals surface area contributed by atoms with Crippen LogP contribution >= 0.6 is 15.9 Å². The highest BCUT2D eigenvalue weighted by atomic mass is 79.9. The molecule has 0 saturated carbocycles. The average Bonchev–Trinajstić information content (AvgIpc) is 2.91. The molecule has 0 unspecified atom stereocenters. The number of nitrogens with two attached hydrogens (primary N) is 1. The van der Waals surface area contributed by atoms with Crippen LogP contribution in [-0.2, 0) is 4.74 Å². The number of hydrogen-bond acceptors (Lipinski definition) is 6. The van der Waals surface area contributed by atoms with E-state index in [2.05, 4.69) is 25.9 Å². The summed E-state index contributed by atoms with van der Waals surface area (Å²) in [5.74, 6) is 0.363. The highest BCUT2D eigenvalue weighted by Gasteiger charge is 2.36. The van der Waals surface area contributed by atoms with Gasteiger partial charge in [-0.15, -0.1) is 0 Å². The molecular weight excluding hydrogens is 316 g/mol. The van der Waals surface area contributed by atoms with E-state index in [-0.39, 0.29) is 12.7 Å². The van der Waals surface area contributed by atoms with Crippen LogP contribution in [0.5, 0.6) is 0 Å². The number of nitrogens with zero attached hydrogens (tertiary/aromatic N) is 3. The lowest BCUT2D eigenvalue weighted by molar-refractivity contribution is -0.0484. The fourth-order valence-electron chi connectivity index (χ4n) is 2.35. The van der Waals surface area contributed by atoms with Gasteiger partial charge >= 0.3 is 0 Å². The van der Waals surface area contributed by atoms with Crippen LogP contribution in [0, 0.1) is 0 Å². The number of aliphatic hydroxyl groups is 2. The second-order valence-corrected chi connectivity index (χ2v) is 5.33. The van der Waals surface area contributed by atoms with E-state index in [1.54, 1.807) is 10.8 Å². The maximum absolute atomic E-state index is 10.0. The van der Waals surface area contributed by atoms with Crippen LogP contribution in [0.2, 0.25) is 0 Å². The van der Waals surface area contributed by atoms with Gasteiger partial charge in [0.2, 0.25) is 0 Å². The quantitative estimate of drug-likeness (QED) is 0.737. The lowest BCUT2D eigenvalue weighted by atomic mass is 10.2. The van der Waals surface area contributed by atoms with E-state index in [0.717, 1.165) is 4.47 Å². The van der Waals surface area contributed by atoms with Gasteiger partial charge in [-0.05, 0) is 15.9 Å². The van der Waals surface area contributed by atoms with E-state index in [0.29, 0.717) is 23.3 Å². The highest BCUT2D eigenvalue weighted by molar-refractivity contribution is 9.10. The number of anilines is 1. The number of ether oxygens (including phenoxy) is 1. The number of hydrogen-bond donors (Lipinski definition) is 3. The topological polar surface area (TPSA) is 106 Å². The van der Waals surface area contributed by atoms with E-state index in [1.807, 2.05) is 0 Å². The smallest absolute Gasteiger partial charge is 0.161 e. The van der Waals surface area contributed by atoms with Crippen LogP contribution in [-0.4, -0.2) is 43.6 Å². The Kier molecular flexibility index (Phi) is 3.17. The molecule has 8 heteroatoms. The van der Waals surface area contributed by atoms with Crippen molar-refractivity contribution in [2.24, 2.45) is 0 Å². The third kappa shape index (κ3) is 2.00. The van der Waals surface area contributed by atoms with E-state index in [1.165, 1.54) is 6.33 Å². The summed E-state index contributed by atoms with van der Waals surface area (Å²) in [7, 11) is 0. The molecule has 0 spiro atoms. The Morgan fingerprint density at radius 2 is 2.32 bits per heavy atom. The average molecular weight is 329 g/mol. The summed E-state index contributed by atoms with van der Waals surface area (Å²) in [5.41, 5.74) is 6.40. The second kappa shape index (κ2) is 4.71. The van der Waals surface area contributed by atoms with Gasteiger partial charge in [0.1, 0.15) is 23.9 Å². The molecule has 0 radical (unpaired) electrons. The van der Waals surface area contributed by atoms with Gasteiger partial charge in [-0.1, -0.05) is 0 Å². The maximum Gasteiger partial charge on any atom is 0.161 e. The maximum atomic E-state index is 10.0. The van der Waals surface area contributed by atoms with Crippen molar-refractivity contribution in [2.75, 3.05) is 12.3 Å². The first-order valence-electron chi connectivity index (χ1n) is 5.82. The van der Waals surface area contributed by atoms with Gasteiger partial charge in [0.15, 0.2) is 6.23 Å². The summed E-state index contributed by atoms with van der Waals surface area (Å²) in [6.07, 6.45) is 1.86. The summed E-state index contributed by atoms with van der Waals surface area (Å²) in [4.78, 5) is 8.12. The Labute approximate surface area is 117 Å². The summed E-state index contributed by atoms with van der Waals surface area (Å²) in [5, 5.41) is 19.8. The Morgan fingerprint density at radius 3 is 3.00 bits per heavy atom. The Morgan fingerprint density at radius 1 is 1.53 bits per heavy atom. The molecule has 0 aliphatic carbocycles. The Balaban J connectivity index is 2.09. The molecule has 4 N–H and O–H groups in total. The van der Waals surface area contributed by atoms with Crippen LogP contribution < -0.4 is 5.73 Å². The second-order valence-electron chi connectivity index (χ2n) is 4.48. The molecule has 3 atom stereocenters. The molecule has 3 rings (SSSR count). The minimum absolute atomic E-state index is 0.120. The van der Waals surface area contributed by atoms with Crippen LogP contribution in [0.15, 0.2) is 17.0 Å². The molecule has 0 amide bonds. The van der Waals surface area contributed by atoms with Gasteiger partial charge in [0, 0.05) is 17.1 Å². The van der Waals surface area contributed by atoms with Crippen LogP contribution in [0.4, 0.5) is 5.82 Å². The molecule has 1 aliphatic heterocycles. The molecule has 102 valence electrons. The van der Waals surface area contributed by atoms with Crippen molar-refractivity contribution >= 4 is 32.8 Å². The van der Waals surface area contributed by atoms with E-state index in [9.17, 15) is 5.11 Å². The molecule has 19 heavy (non-hydrogen) atoms. The zero-order valence-corrected chi connectivity index (χ0v) is 11.5. The first kappa shape index (κ1) is 12.8. The molecule has 3 heterocycles. The molecule has 2 aromatic rings. The lowest BCUT2D eigenvalue weighted by Crippen LogP contribution is -2.19. The predicted molar refractivity (Wildman–Crippen MR) is 71.3 cm³/mol. The Bertz CT molecular complexity index is 617. The molecule has 0 bridgehead atoms. The molecule has 0 aromatic carbocycles. The normalized spacial score (nSPS) is 27.2. The van der Waals surface area contributed by atoms with Crippen molar-refractivity contribution in [2.45, 2.75) is 24.9 Å². The summed E-state index contributed by atoms with van der Waals surface area (Å²) in [6.45, 7) is -0.120. The first-order chi connectivity index (χ1) is 9.11. The van der Waals surface area contributed by atoms with Gasteiger partial charge in [0.25, 0.3) is 0 Å². The minimum atomic E-state index is -0.698. The van der Waals surface area contributed by atoms with E-state index in [4.69, 9.17) is 15.6 Å². The van der Waals surface area contributed by atoms with Crippen molar-refractivity contribution in [3.05, 3.63) is 17.0 Å². The lowest BCUT2D eigenvalue weighted by Gasteiger charge is -2.17. The first-order valence-corrected chi connectivity index (χ1v) is 6.62. The zero-order chi connectivity index (χ0) is 13.6. The van der Waals surface area contributed by atoms with Gasteiger partial charge in [0.05, 0.1) is 18.1 Å². The largest absolute Gasteiger partial charge is 0.394 e. The molecule has 1 aliphatic rings. The van der Waals surface area contributed by atoms with Crippen molar-refractivity contribution in [3.8, 4) is 0 Å². The predicted octanol–water partition coefficient (Wildman–Crippen LogP) is 0.417. The van der Waals surface area contributed by atoms with Crippen LogP contribution in [0.1, 0.15) is 12.6 Å². The van der Waals surface area contributed by atoms with Gasteiger partial charge in [-0.2, -0.15) is 0 Å². The third-order valence-corrected chi connectivity index (χ3v) is 3.84. The SMILES string of the molecule is Nc1ncnc2c1c(Br)cn2[C@@H]1O[C@H](CO)C[C@@H]1O. The molecule has 2 aromatic heterocycles. The summed E-state index contributed by atoms with van der Waals surface area (Å²) < 4.78 is 8.06. The molecule has 7 nitrogen and oxygen atoms in total. The van der Waals surface area contributed by atoms with Crippen molar-refractivity contribution < 1.29 is 14.9 Å². The third-order valence-electron chi connectivity index (χ3n) is 3.24. The molecule has 1 fully saturated rings. The van der Waals surface area contributed by atoms with Gasteiger partial charge < -0.3 is 25.3 Å². The van der Waals surface area contributed by atoms with Gasteiger partial charge in [-0.3, -0.25) is 0 Å². The van der Waals surface area contributed by atoms with Crippen LogP contribution in [0.3, 0.4) is 0 Å². The fraction of sp³-hybridized carbons (Fsp3) is 0.455. The number of aliphatic hydroxyl groups excluding tert-OH is 2. The standard InChI is InChI=1S/C11H13BrN4O3/c12-6-2-16(10-8(6)9(13)14-4-15-10)11-7(18)1-5(3-17)19-11/h2,4-5,7,11,17-18H,1,3H2,(H2,13,14,15)/t5-,7-,11+/m0/s1. The zero-order valence-electron chi connectivity index (χ0n) is 9.90. The fourth-order valence-corrected chi connectivity index (χ4v) is 2.95. The molecular formula is C11H13BrN4O3. The Hall–Kier alpha value is -1.22. The summed E-state index contributed by atoms with van der Waals surface area (Å²) in [6, 6.07) is 0. The van der Waals surface area contributed by atoms with Crippen molar-refractivity contribution in [1.29, 1.82) is 0 Å². The number of aromatic nitrogens is 3. The molecule has 1 saturated heterocycles. The van der Waals surface area contributed by atoms with Gasteiger partial charge in [-0.25, -0.2) is 9.97 Å². The van der Waals surface area contributed by atoms with Crippen LogP contribution in [0.25, 0.3) is 11.0 Å². The van der Waals surface area contributed by atoms with Crippen molar-refractivity contribution in [1.82, 2.24) is 14.5 Å². The van der Waals surface area contributed by atoms with Crippen molar-refractivity contribution in [3.63, 3.8) is 0 Å². The number of nitrogen functional groups attached to an aromatic ring is 1. The highest BCUT2D eigenvalue weighted by Crippen LogP contribution is 2.35. The van der Waals surface area contributed by atoms with E-state index >= 15 is 0 Å². The summed E-state index contributed by atoms with van der Waals surface area (Å²) >= 11 is 3.40. The number of fused-ring (bicyclic) bond motifs is 1.